The Hall–Kier alpha value is -1.24. The second-order valence-electron chi connectivity index (χ2n) is 5.80. The highest BCUT2D eigenvalue weighted by molar-refractivity contribution is 5.48. The largest absolute Gasteiger partial charge is 0.488 e. The maximum Gasteiger partial charge on any atom is 0.120 e. The van der Waals surface area contributed by atoms with Crippen molar-refractivity contribution in [2.24, 2.45) is 0 Å². The summed E-state index contributed by atoms with van der Waals surface area (Å²) in [5.74, 6) is 0.948. The fraction of sp³-hybridized carbons (Fsp3) is 0.556. The standard InChI is InChI=1S/C18H28O/c1-5-7-8-9-10-15-18(3,4)19-17-13-11-16(6-2)12-14-17/h6,11-14H,2,5,7-10,15H2,1,3-4H3. The van der Waals surface area contributed by atoms with Gasteiger partial charge in [-0.1, -0.05) is 57.4 Å². The number of hydrogen-bond acceptors (Lipinski definition) is 1. The van der Waals surface area contributed by atoms with Gasteiger partial charge >= 0.3 is 0 Å². The van der Waals surface area contributed by atoms with Crippen molar-refractivity contribution in [3.8, 4) is 5.75 Å². The zero-order valence-electron chi connectivity index (χ0n) is 12.7. The van der Waals surface area contributed by atoms with Crippen molar-refractivity contribution in [2.75, 3.05) is 0 Å². The average molecular weight is 260 g/mol. The van der Waals surface area contributed by atoms with Crippen LogP contribution in [0.5, 0.6) is 5.75 Å². The predicted octanol–water partition coefficient (Wildman–Crippen LogP) is 5.85. The summed E-state index contributed by atoms with van der Waals surface area (Å²) in [6.45, 7) is 10.4. The van der Waals surface area contributed by atoms with Crippen molar-refractivity contribution >= 4 is 6.08 Å². The average Bonchev–Trinajstić information content (AvgIpc) is 2.39. The highest BCUT2D eigenvalue weighted by Crippen LogP contribution is 2.24. The summed E-state index contributed by atoms with van der Waals surface area (Å²) in [6.07, 6.45) is 9.52. The third-order valence-corrected chi connectivity index (χ3v) is 3.39. The SMILES string of the molecule is C=Cc1ccc(OC(C)(C)CCCCCCC)cc1. The van der Waals surface area contributed by atoms with Gasteiger partial charge < -0.3 is 4.74 Å². The number of benzene rings is 1. The molecule has 19 heavy (non-hydrogen) atoms. The summed E-state index contributed by atoms with van der Waals surface area (Å²) in [4.78, 5) is 0. The lowest BCUT2D eigenvalue weighted by molar-refractivity contribution is 0.0961. The first-order valence-electron chi connectivity index (χ1n) is 7.49. The second-order valence-corrected chi connectivity index (χ2v) is 5.80. The molecule has 0 bridgehead atoms. The summed E-state index contributed by atoms with van der Waals surface area (Å²) >= 11 is 0. The minimum Gasteiger partial charge on any atom is -0.488 e. The van der Waals surface area contributed by atoms with Gasteiger partial charge in [0.2, 0.25) is 0 Å². The zero-order chi connectivity index (χ0) is 14.1. The minimum absolute atomic E-state index is 0.0814. The van der Waals surface area contributed by atoms with E-state index in [4.69, 9.17) is 4.74 Å². The number of hydrogen-bond donors (Lipinski definition) is 0. The van der Waals surface area contributed by atoms with Crippen molar-refractivity contribution < 1.29 is 4.74 Å². The molecular weight excluding hydrogens is 232 g/mol. The van der Waals surface area contributed by atoms with Crippen LogP contribution in [0.25, 0.3) is 6.08 Å². The predicted molar refractivity (Wildman–Crippen MR) is 84.6 cm³/mol. The molecule has 0 fully saturated rings. The van der Waals surface area contributed by atoms with Crippen molar-refractivity contribution in [2.45, 2.75) is 64.9 Å². The molecule has 0 unspecified atom stereocenters. The van der Waals surface area contributed by atoms with E-state index >= 15 is 0 Å². The Morgan fingerprint density at radius 1 is 1.05 bits per heavy atom. The van der Waals surface area contributed by atoms with Gasteiger partial charge in [0.15, 0.2) is 0 Å². The van der Waals surface area contributed by atoms with Crippen LogP contribution in [0.3, 0.4) is 0 Å². The number of ether oxygens (including phenoxy) is 1. The molecule has 1 heteroatoms. The fourth-order valence-corrected chi connectivity index (χ4v) is 2.20. The van der Waals surface area contributed by atoms with Gasteiger partial charge in [0, 0.05) is 0 Å². The molecule has 1 nitrogen and oxygen atoms in total. The minimum atomic E-state index is -0.0814. The van der Waals surface area contributed by atoms with E-state index in [0.717, 1.165) is 17.7 Å². The topological polar surface area (TPSA) is 9.23 Å². The van der Waals surface area contributed by atoms with E-state index in [2.05, 4.69) is 27.4 Å². The summed E-state index contributed by atoms with van der Waals surface area (Å²) in [6, 6.07) is 8.13. The lowest BCUT2D eigenvalue weighted by Gasteiger charge is -2.26. The molecule has 1 aromatic carbocycles. The molecule has 106 valence electrons. The maximum absolute atomic E-state index is 6.07. The summed E-state index contributed by atoms with van der Waals surface area (Å²) in [5.41, 5.74) is 1.05. The first kappa shape index (κ1) is 15.8. The smallest absolute Gasteiger partial charge is 0.120 e. The summed E-state index contributed by atoms with van der Waals surface area (Å²) in [7, 11) is 0. The molecular formula is C18H28O. The van der Waals surface area contributed by atoms with Crippen LogP contribution >= 0.6 is 0 Å². The van der Waals surface area contributed by atoms with E-state index in [0.29, 0.717) is 0 Å². The number of unbranched alkanes of at least 4 members (excludes halogenated alkanes) is 4. The van der Waals surface area contributed by atoms with Crippen molar-refractivity contribution in [1.29, 1.82) is 0 Å². The molecule has 0 aliphatic rings. The molecule has 0 radical (unpaired) electrons. The molecule has 1 rings (SSSR count). The van der Waals surface area contributed by atoms with Gasteiger partial charge in [-0.05, 0) is 44.4 Å². The van der Waals surface area contributed by atoms with Gasteiger partial charge in [0.05, 0.1) is 0 Å². The highest BCUT2D eigenvalue weighted by atomic mass is 16.5. The van der Waals surface area contributed by atoms with E-state index in [1.807, 2.05) is 30.3 Å². The molecule has 0 aliphatic carbocycles. The van der Waals surface area contributed by atoms with Crippen molar-refractivity contribution in [3.63, 3.8) is 0 Å². The Morgan fingerprint density at radius 3 is 2.26 bits per heavy atom. The zero-order valence-corrected chi connectivity index (χ0v) is 12.7. The monoisotopic (exact) mass is 260 g/mol. The van der Waals surface area contributed by atoms with Gasteiger partial charge in [-0.2, -0.15) is 0 Å². The molecule has 1 aromatic rings. The third-order valence-electron chi connectivity index (χ3n) is 3.39. The van der Waals surface area contributed by atoms with E-state index in [1.165, 1.54) is 32.1 Å². The van der Waals surface area contributed by atoms with Crippen LogP contribution < -0.4 is 4.74 Å². The highest BCUT2D eigenvalue weighted by Gasteiger charge is 2.18. The lowest BCUT2D eigenvalue weighted by Crippen LogP contribution is -2.27. The Bertz CT molecular complexity index is 362. The molecule has 0 N–H and O–H groups in total. The first-order valence-corrected chi connectivity index (χ1v) is 7.49. The van der Waals surface area contributed by atoms with Crippen LogP contribution in [-0.2, 0) is 0 Å². The maximum atomic E-state index is 6.07. The van der Waals surface area contributed by atoms with Crippen molar-refractivity contribution in [3.05, 3.63) is 36.4 Å². The summed E-state index contributed by atoms with van der Waals surface area (Å²) in [5, 5.41) is 0. The quantitative estimate of drug-likeness (QED) is 0.506. The summed E-state index contributed by atoms with van der Waals surface area (Å²) < 4.78 is 6.07. The van der Waals surface area contributed by atoms with Gasteiger partial charge in [-0.3, -0.25) is 0 Å². The molecule has 0 aromatic heterocycles. The molecule has 0 aliphatic heterocycles. The number of rotatable bonds is 9. The molecule has 0 atom stereocenters. The molecule has 0 heterocycles. The first-order chi connectivity index (χ1) is 9.07. The molecule has 0 saturated heterocycles. The van der Waals surface area contributed by atoms with E-state index in [-0.39, 0.29) is 5.60 Å². The second kappa shape index (κ2) is 8.04. The lowest BCUT2D eigenvalue weighted by atomic mass is 9.99. The van der Waals surface area contributed by atoms with Gasteiger partial charge in [-0.15, -0.1) is 0 Å². The Labute approximate surface area is 118 Å². The Morgan fingerprint density at radius 2 is 1.68 bits per heavy atom. The van der Waals surface area contributed by atoms with E-state index in [9.17, 15) is 0 Å². The van der Waals surface area contributed by atoms with E-state index < -0.39 is 0 Å². The Balaban J connectivity index is 2.37. The van der Waals surface area contributed by atoms with Crippen LogP contribution in [0.15, 0.2) is 30.8 Å². The normalized spacial score (nSPS) is 11.3. The molecule has 0 spiro atoms. The fourth-order valence-electron chi connectivity index (χ4n) is 2.20. The van der Waals surface area contributed by atoms with E-state index in [1.54, 1.807) is 0 Å². The van der Waals surface area contributed by atoms with Gasteiger partial charge in [0.25, 0.3) is 0 Å². The van der Waals surface area contributed by atoms with Crippen LogP contribution in [0.4, 0.5) is 0 Å². The van der Waals surface area contributed by atoms with Crippen LogP contribution in [0.2, 0.25) is 0 Å². The van der Waals surface area contributed by atoms with Crippen molar-refractivity contribution in [1.82, 2.24) is 0 Å². The van der Waals surface area contributed by atoms with Gasteiger partial charge in [-0.25, -0.2) is 0 Å². The van der Waals surface area contributed by atoms with Gasteiger partial charge in [0.1, 0.15) is 11.4 Å². The van der Waals surface area contributed by atoms with Crippen LogP contribution in [0, 0.1) is 0 Å². The molecule has 0 saturated carbocycles. The Kier molecular flexibility index (Phi) is 6.69. The third kappa shape index (κ3) is 6.47. The molecule has 0 amide bonds. The van der Waals surface area contributed by atoms with Crippen LogP contribution in [-0.4, -0.2) is 5.60 Å². The van der Waals surface area contributed by atoms with Crippen LogP contribution in [0.1, 0.15) is 64.9 Å².